The lowest BCUT2D eigenvalue weighted by atomic mass is 10.2. The van der Waals surface area contributed by atoms with Crippen LogP contribution in [0, 0.1) is 0 Å². The zero-order valence-electron chi connectivity index (χ0n) is 11.8. The SMILES string of the molecule is CCCCOc1ccc(C(=O)NC2CC2)cc1S(=O)(=O)Cl. The Hall–Kier alpha value is -1.27. The molecule has 21 heavy (non-hydrogen) atoms. The van der Waals surface area contributed by atoms with Crippen molar-refractivity contribution >= 4 is 25.6 Å². The fourth-order valence-electron chi connectivity index (χ4n) is 1.78. The lowest BCUT2D eigenvalue weighted by Crippen LogP contribution is -2.25. The van der Waals surface area contributed by atoms with Crippen LogP contribution in [0.3, 0.4) is 0 Å². The highest BCUT2D eigenvalue weighted by atomic mass is 35.7. The summed E-state index contributed by atoms with van der Waals surface area (Å²) in [5.41, 5.74) is 0.268. The standard InChI is InChI=1S/C14H18ClNO4S/c1-2-3-8-20-12-7-4-10(9-13(12)21(15,18)19)14(17)16-11-5-6-11/h4,7,9,11H,2-3,5-6,8H2,1H3,(H,16,17). The summed E-state index contributed by atoms with van der Waals surface area (Å²) in [6.07, 6.45) is 3.67. The first kappa shape index (κ1) is 16.1. The van der Waals surface area contributed by atoms with Crippen LogP contribution >= 0.6 is 10.7 Å². The average molecular weight is 332 g/mol. The first-order valence-corrected chi connectivity index (χ1v) is 9.25. The first-order valence-electron chi connectivity index (χ1n) is 6.94. The van der Waals surface area contributed by atoms with Crippen molar-refractivity contribution in [3.8, 4) is 5.75 Å². The summed E-state index contributed by atoms with van der Waals surface area (Å²) in [5.74, 6) is -0.111. The monoisotopic (exact) mass is 331 g/mol. The second-order valence-electron chi connectivity index (χ2n) is 5.05. The fourth-order valence-corrected chi connectivity index (χ4v) is 2.78. The van der Waals surface area contributed by atoms with Gasteiger partial charge in [0.05, 0.1) is 6.61 Å². The van der Waals surface area contributed by atoms with Crippen molar-refractivity contribution in [3.63, 3.8) is 0 Å². The molecule has 0 bridgehead atoms. The van der Waals surface area contributed by atoms with E-state index in [0.29, 0.717) is 6.61 Å². The van der Waals surface area contributed by atoms with Crippen LogP contribution in [0.4, 0.5) is 0 Å². The number of hydrogen-bond donors (Lipinski definition) is 1. The van der Waals surface area contributed by atoms with E-state index in [1.54, 1.807) is 6.07 Å². The smallest absolute Gasteiger partial charge is 0.265 e. The molecular weight excluding hydrogens is 314 g/mol. The van der Waals surface area contributed by atoms with Gasteiger partial charge in [-0.25, -0.2) is 8.42 Å². The second kappa shape index (κ2) is 6.66. The number of ether oxygens (including phenoxy) is 1. The van der Waals surface area contributed by atoms with Crippen LogP contribution in [0.25, 0.3) is 0 Å². The van der Waals surface area contributed by atoms with Gasteiger partial charge in [-0.2, -0.15) is 0 Å². The van der Waals surface area contributed by atoms with E-state index in [9.17, 15) is 13.2 Å². The van der Waals surface area contributed by atoms with Crippen molar-refractivity contribution in [2.45, 2.75) is 43.5 Å². The number of benzene rings is 1. The molecule has 7 heteroatoms. The van der Waals surface area contributed by atoms with Crippen LogP contribution in [0.5, 0.6) is 5.75 Å². The Bertz CT molecular complexity index is 626. The van der Waals surface area contributed by atoms with Gasteiger partial charge >= 0.3 is 0 Å². The maximum atomic E-state index is 12.0. The third kappa shape index (κ3) is 4.61. The van der Waals surface area contributed by atoms with Gasteiger partial charge in [0, 0.05) is 22.3 Å². The van der Waals surface area contributed by atoms with E-state index in [-0.39, 0.29) is 28.2 Å². The molecule has 0 radical (unpaired) electrons. The van der Waals surface area contributed by atoms with Crippen molar-refractivity contribution in [3.05, 3.63) is 23.8 Å². The molecule has 1 aromatic rings. The largest absolute Gasteiger partial charge is 0.492 e. The summed E-state index contributed by atoms with van der Waals surface area (Å²) < 4.78 is 28.7. The molecule has 1 amide bonds. The van der Waals surface area contributed by atoms with E-state index in [4.69, 9.17) is 15.4 Å². The van der Waals surface area contributed by atoms with Crippen molar-refractivity contribution in [1.82, 2.24) is 5.32 Å². The number of amides is 1. The Morgan fingerprint density at radius 1 is 1.43 bits per heavy atom. The molecule has 0 saturated heterocycles. The van der Waals surface area contributed by atoms with Crippen LogP contribution in [0.2, 0.25) is 0 Å². The summed E-state index contributed by atoms with van der Waals surface area (Å²) in [6, 6.07) is 4.49. The summed E-state index contributed by atoms with van der Waals surface area (Å²) in [6.45, 7) is 2.41. The molecule has 0 atom stereocenters. The zero-order valence-corrected chi connectivity index (χ0v) is 13.3. The molecule has 5 nitrogen and oxygen atoms in total. The van der Waals surface area contributed by atoms with Crippen LogP contribution in [-0.2, 0) is 9.05 Å². The molecule has 1 saturated carbocycles. The minimum atomic E-state index is -3.97. The zero-order chi connectivity index (χ0) is 15.5. The van der Waals surface area contributed by atoms with E-state index in [0.717, 1.165) is 25.7 Å². The molecule has 116 valence electrons. The Morgan fingerprint density at radius 2 is 2.14 bits per heavy atom. The van der Waals surface area contributed by atoms with Gasteiger partial charge < -0.3 is 10.1 Å². The van der Waals surface area contributed by atoms with Gasteiger partial charge in [-0.1, -0.05) is 13.3 Å². The number of hydrogen-bond acceptors (Lipinski definition) is 4. The molecule has 0 unspecified atom stereocenters. The molecule has 1 aliphatic carbocycles. The summed E-state index contributed by atoms with van der Waals surface area (Å²) >= 11 is 0. The third-order valence-corrected chi connectivity index (χ3v) is 4.48. The van der Waals surface area contributed by atoms with Crippen LogP contribution in [-0.4, -0.2) is 27.0 Å². The number of halogens is 1. The minimum absolute atomic E-state index is 0.163. The molecule has 0 aromatic heterocycles. The number of unbranched alkanes of at least 4 members (excludes halogenated alkanes) is 1. The Morgan fingerprint density at radius 3 is 2.71 bits per heavy atom. The average Bonchev–Trinajstić information content (AvgIpc) is 3.22. The third-order valence-electron chi connectivity index (χ3n) is 3.14. The van der Waals surface area contributed by atoms with Gasteiger partial charge in [-0.15, -0.1) is 0 Å². The number of carbonyl (C=O) groups is 1. The van der Waals surface area contributed by atoms with Crippen molar-refractivity contribution in [2.24, 2.45) is 0 Å². The molecule has 0 aliphatic heterocycles. The predicted octanol–water partition coefficient (Wildman–Crippen LogP) is 2.69. The second-order valence-corrected chi connectivity index (χ2v) is 7.58. The van der Waals surface area contributed by atoms with E-state index < -0.39 is 9.05 Å². The van der Waals surface area contributed by atoms with Gasteiger partial charge in [-0.3, -0.25) is 4.79 Å². The van der Waals surface area contributed by atoms with Gasteiger partial charge in [0.15, 0.2) is 0 Å². The molecule has 1 aromatic carbocycles. The summed E-state index contributed by atoms with van der Waals surface area (Å²) in [4.78, 5) is 11.8. The fraction of sp³-hybridized carbons (Fsp3) is 0.500. The molecular formula is C14H18ClNO4S. The highest BCUT2D eigenvalue weighted by molar-refractivity contribution is 8.13. The quantitative estimate of drug-likeness (QED) is 0.616. The van der Waals surface area contributed by atoms with Crippen molar-refractivity contribution in [1.29, 1.82) is 0 Å². The number of rotatable bonds is 7. The first-order chi connectivity index (χ1) is 9.91. The molecule has 0 heterocycles. The topological polar surface area (TPSA) is 72.5 Å². The Balaban J connectivity index is 2.23. The maximum absolute atomic E-state index is 12.0. The highest BCUT2D eigenvalue weighted by Crippen LogP contribution is 2.29. The van der Waals surface area contributed by atoms with Gasteiger partial charge in [-0.05, 0) is 37.5 Å². The van der Waals surface area contributed by atoms with E-state index in [2.05, 4.69) is 5.32 Å². The molecule has 1 fully saturated rings. The predicted molar refractivity (Wildman–Crippen MR) is 80.4 cm³/mol. The van der Waals surface area contributed by atoms with Crippen LogP contribution < -0.4 is 10.1 Å². The maximum Gasteiger partial charge on any atom is 0.265 e. The molecule has 2 rings (SSSR count). The number of nitrogens with one attached hydrogen (secondary N) is 1. The Labute approximate surface area is 129 Å². The summed E-state index contributed by atoms with van der Waals surface area (Å²) in [5, 5.41) is 2.80. The summed E-state index contributed by atoms with van der Waals surface area (Å²) in [7, 11) is 1.46. The van der Waals surface area contributed by atoms with E-state index in [1.807, 2.05) is 6.92 Å². The lowest BCUT2D eigenvalue weighted by molar-refractivity contribution is 0.0951. The molecule has 0 spiro atoms. The van der Waals surface area contributed by atoms with Gasteiger partial charge in [0.1, 0.15) is 10.6 Å². The molecule has 1 N–H and O–H groups in total. The van der Waals surface area contributed by atoms with Gasteiger partial charge in [0.25, 0.3) is 15.0 Å². The normalized spacial score (nSPS) is 14.8. The van der Waals surface area contributed by atoms with Gasteiger partial charge in [0.2, 0.25) is 0 Å². The van der Waals surface area contributed by atoms with Crippen LogP contribution in [0.1, 0.15) is 43.0 Å². The minimum Gasteiger partial charge on any atom is -0.492 e. The highest BCUT2D eigenvalue weighted by Gasteiger charge is 2.25. The van der Waals surface area contributed by atoms with E-state index in [1.165, 1.54) is 12.1 Å². The Kier molecular flexibility index (Phi) is 5.11. The van der Waals surface area contributed by atoms with E-state index >= 15 is 0 Å². The lowest BCUT2D eigenvalue weighted by Gasteiger charge is -2.11. The van der Waals surface area contributed by atoms with Crippen molar-refractivity contribution < 1.29 is 17.9 Å². The van der Waals surface area contributed by atoms with Crippen molar-refractivity contribution in [2.75, 3.05) is 6.61 Å². The van der Waals surface area contributed by atoms with Crippen LogP contribution in [0.15, 0.2) is 23.1 Å². The number of carbonyl (C=O) groups excluding carboxylic acids is 1. The molecule has 1 aliphatic rings.